The Labute approximate surface area is 370 Å². The van der Waals surface area contributed by atoms with Crippen LogP contribution < -0.4 is 37.3 Å². The molecule has 0 radical (unpaired) electrons. The van der Waals surface area contributed by atoms with E-state index in [9.17, 15) is 38.7 Å². The normalized spacial score (nSPS) is 13.5. The zero-order valence-corrected chi connectivity index (χ0v) is 37.3. The largest absolute Gasteiger partial charge is 0.477 e. The number of carboxylic acid groups (broad SMARTS) is 1. The third kappa shape index (κ3) is 14.3. The summed E-state index contributed by atoms with van der Waals surface area (Å²) in [6, 6.07) is 12.9. The summed E-state index contributed by atoms with van der Waals surface area (Å²) >= 11 is 1.71. The number of rotatable bonds is 13. The Balaban J connectivity index is 0.000000649. The van der Waals surface area contributed by atoms with E-state index in [2.05, 4.69) is 21.3 Å². The van der Waals surface area contributed by atoms with Crippen LogP contribution in [0, 0.1) is 11.2 Å². The molecule has 17 nitrogen and oxygen atoms in total. The number of anilines is 2. The van der Waals surface area contributed by atoms with Gasteiger partial charge < -0.3 is 51.2 Å². The average molecular weight is 895 g/mol. The number of hydrogen-bond donors (Lipinski definition) is 6. The maximum Gasteiger partial charge on any atom is 0.410 e. The number of aromatic carboxylic acids is 1. The third-order valence-corrected chi connectivity index (χ3v) is 10.6. The maximum absolute atomic E-state index is 15.2. The number of carboxylic acids is 1. The molecule has 0 unspecified atom stereocenters. The van der Waals surface area contributed by atoms with E-state index < -0.39 is 52.1 Å². The number of carbonyl (C=O) groups excluding carboxylic acids is 5. The minimum atomic E-state index is -1.38. The molecule has 6 amide bonds. The molecule has 6 rings (SSSR count). The quantitative estimate of drug-likeness (QED) is 0.0920. The van der Waals surface area contributed by atoms with Crippen molar-refractivity contribution in [2.75, 3.05) is 56.0 Å². The Hall–Kier alpha value is -6.50. The van der Waals surface area contributed by atoms with Crippen LogP contribution in [0.15, 0.2) is 70.3 Å². The minimum Gasteiger partial charge on any atom is -0.477 e. The highest BCUT2D eigenvalue weighted by molar-refractivity contribution is 7.07. The summed E-state index contributed by atoms with van der Waals surface area (Å²) < 4.78 is 22.3. The van der Waals surface area contributed by atoms with Gasteiger partial charge in [0.25, 0.3) is 0 Å². The van der Waals surface area contributed by atoms with Gasteiger partial charge in [0.15, 0.2) is 0 Å². The molecule has 342 valence electrons. The number of thiophene rings is 1. The smallest absolute Gasteiger partial charge is 0.410 e. The molecular weight excluding hydrogens is 836 g/mol. The first-order chi connectivity index (χ1) is 30.2. The van der Waals surface area contributed by atoms with Crippen LogP contribution in [0.2, 0.25) is 0 Å². The molecule has 0 bridgehead atoms. The van der Waals surface area contributed by atoms with Gasteiger partial charge in [-0.3, -0.25) is 19.2 Å². The standard InChI is InChI=1S/C34H39FN6O8.C4H10N2O.C4H4S.C2H6/c1-3-36-31(46)34(10-5-11-34)32(47)37-18-28(42)38-22-8-6-21(7-9-22)20-49-33(48)41-14-12-40(13-15-41)27-17-26-23(16-25(27)35)29(43)24(30(44)45)19-39(26)4-2;1-2-3-6-4(5)7;1-2-4-5-3-1;1-2/h6-9,16-17,19H,3-5,10-15,18,20H2,1-2H3,(H,36,46)(H,37,47)(H,38,42)(H,44,45);2-3H2,1H3,(H3,5,6,7);1-4H;1-2H3. The van der Waals surface area contributed by atoms with Crippen LogP contribution >= 0.6 is 11.3 Å². The number of amides is 6. The van der Waals surface area contributed by atoms with Crippen LogP contribution in [0.5, 0.6) is 0 Å². The predicted molar refractivity (Wildman–Crippen MR) is 241 cm³/mol. The molecule has 1 saturated heterocycles. The van der Waals surface area contributed by atoms with E-state index in [1.807, 2.05) is 43.7 Å². The molecule has 1 saturated carbocycles. The molecule has 0 atom stereocenters. The SMILES string of the molecule is CC.CCCNC(N)=O.CCNC(=O)C1(C(=O)NCC(=O)Nc2ccc(COC(=O)N3CCN(c4cc5c(cc4F)c(=O)c(C(=O)O)cn5CC)CC3)cc2)CCC1.c1ccsc1. The molecule has 2 aromatic heterocycles. The van der Waals surface area contributed by atoms with Gasteiger partial charge in [0.1, 0.15) is 23.4 Å². The van der Waals surface area contributed by atoms with E-state index in [-0.39, 0.29) is 43.2 Å². The fraction of sp³-hybridized carbons (Fsp3) is 0.432. The molecule has 63 heavy (non-hydrogen) atoms. The van der Waals surface area contributed by atoms with Gasteiger partial charge in [0.05, 0.1) is 17.7 Å². The van der Waals surface area contributed by atoms with Crippen LogP contribution in [0.1, 0.15) is 76.2 Å². The third-order valence-electron chi connectivity index (χ3n) is 10.00. The number of primary amides is 1. The van der Waals surface area contributed by atoms with Crippen molar-refractivity contribution in [1.29, 1.82) is 0 Å². The maximum atomic E-state index is 15.2. The number of nitrogens with one attached hydrogen (secondary N) is 4. The molecular formula is C44H59FN8O9S. The van der Waals surface area contributed by atoms with Gasteiger partial charge in [0, 0.05) is 63.1 Å². The average Bonchev–Trinajstić information content (AvgIpc) is 3.86. The van der Waals surface area contributed by atoms with E-state index in [4.69, 9.17) is 10.5 Å². The molecule has 2 aromatic carbocycles. The summed E-state index contributed by atoms with van der Waals surface area (Å²) in [5.41, 5.74) is 4.27. The number of nitrogens with two attached hydrogens (primary N) is 1. The molecule has 4 aromatic rings. The van der Waals surface area contributed by atoms with Crippen LogP contribution in [-0.2, 0) is 32.3 Å². The lowest BCUT2D eigenvalue weighted by molar-refractivity contribution is -0.150. The molecule has 1 aliphatic carbocycles. The fourth-order valence-electron chi connectivity index (χ4n) is 6.53. The number of aryl methyl sites for hydroxylation is 1. The van der Waals surface area contributed by atoms with Gasteiger partial charge in [-0.1, -0.05) is 51.5 Å². The van der Waals surface area contributed by atoms with Crippen molar-refractivity contribution < 1.29 is 43.0 Å². The Morgan fingerprint density at radius 2 is 1.54 bits per heavy atom. The number of hydrogen-bond acceptors (Lipinski definition) is 10. The first kappa shape index (κ1) is 50.9. The molecule has 19 heteroatoms. The van der Waals surface area contributed by atoms with E-state index in [1.54, 1.807) is 58.9 Å². The first-order valence-corrected chi connectivity index (χ1v) is 21.9. The highest BCUT2D eigenvalue weighted by Gasteiger charge is 2.50. The lowest BCUT2D eigenvalue weighted by atomic mass is 9.67. The molecule has 3 heterocycles. The number of benzene rings is 2. The van der Waals surface area contributed by atoms with E-state index >= 15 is 4.39 Å². The zero-order chi connectivity index (χ0) is 46.5. The second-order valence-corrected chi connectivity index (χ2v) is 14.9. The van der Waals surface area contributed by atoms with Crippen molar-refractivity contribution in [3.8, 4) is 0 Å². The number of carbonyl (C=O) groups is 6. The van der Waals surface area contributed by atoms with Crippen LogP contribution in [0.3, 0.4) is 0 Å². The van der Waals surface area contributed by atoms with Crippen LogP contribution in [0.4, 0.5) is 25.4 Å². The van der Waals surface area contributed by atoms with E-state index in [0.29, 0.717) is 62.3 Å². The van der Waals surface area contributed by atoms with Crippen LogP contribution in [0.25, 0.3) is 10.9 Å². The van der Waals surface area contributed by atoms with Gasteiger partial charge in [0.2, 0.25) is 23.2 Å². The Morgan fingerprint density at radius 1 is 0.905 bits per heavy atom. The molecule has 0 spiro atoms. The number of pyridine rings is 1. The predicted octanol–water partition coefficient (Wildman–Crippen LogP) is 5.52. The molecule has 2 fully saturated rings. The van der Waals surface area contributed by atoms with Gasteiger partial charge in [-0.2, -0.15) is 11.3 Å². The Bertz CT molecular complexity index is 2190. The molecule has 1 aliphatic heterocycles. The Kier molecular flexibility index (Phi) is 20.5. The monoisotopic (exact) mass is 894 g/mol. The number of ether oxygens (including phenoxy) is 1. The van der Waals surface area contributed by atoms with Crippen molar-refractivity contribution in [3.05, 3.63) is 92.7 Å². The van der Waals surface area contributed by atoms with Gasteiger partial charge in [-0.05, 0) is 73.7 Å². The van der Waals surface area contributed by atoms with Gasteiger partial charge >= 0.3 is 18.1 Å². The number of urea groups is 1. The minimum absolute atomic E-state index is 0.0133. The summed E-state index contributed by atoms with van der Waals surface area (Å²) in [5.74, 6) is -3.26. The summed E-state index contributed by atoms with van der Waals surface area (Å²) in [7, 11) is 0. The number of nitrogens with zero attached hydrogens (tertiary/aromatic N) is 3. The molecule has 2 aliphatic rings. The van der Waals surface area contributed by atoms with Crippen molar-refractivity contribution >= 4 is 69.4 Å². The topological polar surface area (TPSA) is 234 Å². The van der Waals surface area contributed by atoms with E-state index in [0.717, 1.165) is 18.9 Å². The van der Waals surface area contributed by atoms with Crippen molar-refractivity contribution in [1.82, 2.24) is 25.4 Å². The lowest BCUT2D eigenvalue weighted by Crippen LogP contribution is -2.56. The summed E-state index contributed by atoms with van der Waals surface area (Å²) in [4.78, 5) is 87.6. The van der Waals surface area contributed by atoms with Crippen molar-refractivity contribution in [2.45, 2.75) is 73.5 Å². The summed E-state index contributed by atoms with van der Waals surface area (Å²) in [5, 5.41) is 23.8. The zero-order valence-electron chi connectivity index (χ0n) is 36.5. The van der Waals surface area contributed by atoms with Crippen molar-refractivity contribution in [3.63, 3.8) is 0 Å². The highest BCUT2D eigenvalue weighted by atomic mass is 32.1. The second kappa shape index (κ2) is 25.4. The number of piperazine rings is 1. The lowest BCUT2D eigenvalue weighted by Gasteiger charge is -2.38. The summed E-state index contributed by atoms with van der Waals surface area (Å²) in [6.45, 7) is 11.9. The van der Waals surface area contributed by atoms with Crippen molar-refractivity contribution in [2.24, 2.45) is 11.1 Å². The number of halogens is 1. The number of fused-ring (bicyclic) bond motifs is 1. The van der Waals surface area contributed by atoms with Gasteiger partial charge in [-0.15, -0.1) is 0 Å². The second-order valence-electron chi connectivity index (χ2n) is 14.1. The van der Waals surface area contributed by atoms with Gasteiger partial charge in [-0.25, -0.2) is 18.8 Å². The molecule has 7 N–H and O–H groups in total. The fourth-order valence-corrected chi connectivity index (χ4v) is 6.99. The number of aromatic nitrogens is 1. The first-order valence-electron chi connectivity index (χ1n) is 21.0. The Morgan fingerprint density at radius 3 is 2.03 bits per heavy atom. The van der Waals surface area contributed by atoms with E-state index in [1.165, 1.54) is 17.2 Å². The highest BCUT2D eigenvalue weighted by Crippen LogP contribution is 2.41. The van der Waals surface area contributed by atoms with Crippen LogP contribution in [-0.4, -0.2) is 96.2 Å². The summed E-state index contributed by atoms with van der Waals surface area (Å²) in [6.07, 6.45) is 3.32.